The van der Waals surface area contributed by atoms with Gasteiger partial charge in [0.05, 0.1) is 17.1 Å². The van der Waals surface area contributed by atoms with E-state index >= 15 is 0 Å². The Kier molecular flexibility index (Phi) is 7.68. The van der Waals surface area contributed by atoms with Gasteiger partial charge in [0.2, 0.25) is 0 Å². The molecule has 5 rings (SSSR count). The molecule has 0 bridgehead atoms. The molecule has 0 aliphatic carbocycles. The molecule has 1 aliphatic rings. The smallest absolute Gasteiger partial charge is 0.289 e. The monoisotopic (exact) mass is 659 g/mol. The minimum Gasteiger partial charge on any atom is -0.451 e. The number of sulfonamides is 1. The first kappa shape index (κ1) is 26.9. The van der Waals surface area contributed by atoms with Crippen LogP contribution >= 0.6 is 31.9 Å². The molecule has 7 nitrogen and oxygen atoms in total. The SMILES string of the molecule is Cc1c(C(=O)N2CCN(C)CC2)oc2ccc(N(Cc3ccc(Br)cc3)S(=O)(=O)c3ccc(Br)cc3)cc12. The maximum Gasteiger partial charge on any atom is 0.289 e. The second-order valence-electron chi connectivity index (χ2n) is 9.42. The number of nitrogens with zero attached hydrogens (tertiary/aromatic N) is 3. The second-order valence-corrected chi connectivity index (χ2v) is 13.1. The molecule has 1 fully saturated rings. The normalized spacial score (nSPS) is 14.7. The van der Waals surface area contributed by atoms with Crippen molar-refractivity contribution in [2.45, 2.75) is 18.4 Å². The van der Waals surface area contributed by atoms with Crippen molar-refractivity contribution in [1.29, 1.82) is 0 Å². The van der Waals surface area contributed by atoms with Crippen LogP contribution in [-0.2, 0) is 16.6 Å². The Balaban J connectivity index is 1.55. The average molecular weight is 661 g/mol. The molecule has 0 radical (unpaired) electrons. The Labute approximate surface area is 239 Å². The summed E-state index contributed by atoms with van der Waals surface area (Å²) in [6.07, 6.45) is 0. The molecule has 1 amide bonds. The van der Waals surface area contributed by atoms with E-state index in [4.69, 9.17) is 4.42 Å². The molecule has 198 valence electrons. The van der Waals surface area contributed by atoms with Crippen molar-refractivity contribution in [3.63, 3.8) is 0 Å². The topological polar surface area (TPSA) is 74.1 Å². The predicted octanol–water partition coefficient (Wildman–Crippen LogP) is 6.05. The number of likely N-dealkylation sites (N-methyl/N-ethyl adjacent to an activating group) is 1. The Morgan fingerprint density at radius 3 is 2.16 bits per heavy atom. The maximum absolute atomic E-state index is 13.9. The fourth-order valence-electron chi connectivity index (χ4n) is 4.53. The van der Waals surface area contributed by atoms with Crippen LogP contribution in [0.5, 0.6) is 0 Å². The molecule has 1 aromatic heterocycles. The molecule has 0 spiro atoms. The van der Waals surface area contributed by atoms with Crippen molar-refractivity contribution in [3.8, 4) is 0 Å². The Morgan fingerprint density at radius 1 is 0.921 bits per heavy atom. The highest BCUT2D eigenvalue weighted by Gasteiger charge is 2.29. The standard InChI is InChI=1S/C28H27Br2N3O4S/c1-19-25-17-23(9-12-26(25)37-27(19)28(34)32-15-13-31(2)14-16-32)33(18-20-3-5-21(29)6-4-20)38(35,36)24-10-7-22(30)8-11-24/h3-12,17H,13-16,18H2,1-2H3. The number of rotatable bonds is 6. The Hall–Kier alpha value is -2.66. The van der Waals surface area contributed by atoms with Crippen LogP contribution in [0.15, 0.2) is 85.0 Å². The molecule has 0 N–H and O–H groups in total. The van der Waals surface area contributed by atoms with Gasteiger partial charge in [0.1, 0.15) is 5.58 Å². The molecule has 3 aromatic carbocycles. The van der Waals surface area contributed by atoms with Crippen LogP contribution in [-0.4, -0.2) is 57.4 Å². The number of anilines is 1. The van der Waals surface area contributed by atoms with Crippen LogP contribution in [0, 0.1) is 6.92 Å². The largest absolute Gasteiger partial charge is 0.451 e. The van der Waals surface area contributed by atoms with Gasteiger partial charge in [0.25, 0.3) is 15.9 Å². The second kappa shape index (κ2) is 10.8. The van der Waals surface area contributed by atoms with E-state index in [0.717, 1.165) is 27.6 Å². The summed E-state index contributed by atoms with van der Waals surface area (Å²) in [6.45, 7) is 4.90. The van der Waals surface area contributed by atoms with Crippen molar-refractivity contribution in [2.75, 3.05) is 37.5 Å². The van der Waals surface area contributed by atoms with Crippen molar-refractivity contribution in [1.82, 2.24) is 9.80 Å². The number of fused-ring (bicyclic) bond motifs is 1. The van der Waals surface area contributed by atoms with E-state index in [1.165, 1.54) is 4.31 Å². The minimum atomic E-state index is -3.90. The first-order chi connectivity index (χ1) is 18.1. The summed E-state index contributed by atoms with van der Waals surface area (Å²) < 4.78 is 36.9. The molecule has 38 heavy (non-hydrogen) atoms. The van der Waals surface area contributed by atoms with Crippen LogP contribution < -0.4 is 4.31 Å². The first-order valence-electron chi connectivity index (χ1n) is 12.2. The highest BCUT2D eigenvalue weighted by Crippen LogP contribution is 2.34. The van der Waals surface area contributed by atoms with Crippen molar-refractivity contribution >= 4 is 64.4 Å². The fourth-order valence-corrected chi connectivity index (χ4v) is 6.50. The van der Waals surface area contributed by atoms with Gasteiger partial charge in [0, 0.05) is 46.1 Å². The van der Waals surface area contributed by atoms with Gasteiger partial charge in [-0.15, -0.1) is 0 Å². The lowest BCUT2D eigenvalue weighted by Gasteiger charge is -2.31. The van der Waals surface area contributed by atoms with Gasteiger partial charge >= 0.3 is 0 Å². The highest BCUT2D eigenvalue weighted by molar-refractivity contribution is 9.10. The van der Waals surface area contributed by atoms with E-state index < -0.39 is 10.0 Å². The first-order valence-corrected chi connectivity index (χ1v) is 15.2. The lowest BCUT2D eigenvalue weighted by Crippen LogP contribution is -2.47. The molecular formula is C28H27Br2N3O4S. The zero-order valence-corrected chi connectivity index (χ0v) is 25.0. The van der Waals surface area contributed by atoms with Crippen LogP contribution in [0.2, 0.25) is 0 Å². The zero-order valence-electron chi connectivity index (χ0n) is 21.0. The molecule has 0 saturated carbocycles. The van der Waals surface area contributed by atoms with E-state index in [-0.39, 0.29) is 17.3 Å². The fraction of sp³-hybridized carbons (Fsp3) is 0.250. The number of piperazine rings is 1. The molecular weight excluding hydrogens is 634 g/mol. The number of carbonyl (C=O) groups is 1. The zero-order chi connectivity index (χ0) is 27.0. The number of hydrogen-bond donors (Lipinski definition) is 0. The van der Waals surface area contributed by atoms with Crippen molar-refractivity contribution in [3.05, 3.63) is 92.6 Å². The van der Waals surface area contributed by atoms with E-state index in [0.29, 0.717) is 41.1 Å². The molecule has 0 unspecified atom stereocenters. The van der Waals surface area contributed by atoms with Crippen molar-refractivity contribution < 1.29 is 17.6 Å². The lowest BCUT2D eigenvalue weighted by molar-refractivity contribution is 0.0634. The van der Waals surface area contributed by atoms with Crippen LogP contribution in [0.3, 0.4) is 0 Å². The summed E-state index contributed by atoms with van der Waals surface area (Å²) in [6, 6.07) is 19.4. The van der Waals surface area contributed by atoms with E-state index in [1.54, 1.807) is 42.5 Å². The molecule has 1 saturated heterocycles. The lowest BCUT2D eigenvalue weighted by atomic mass is 10.1. The van der Waals surface area contributed by atoms with Gasteiger partial charge < -0.3 is 14.2 Å². The quantitative estimate of drug-likeness (QED) is 0.252. The number of hydrogen-bond acceptors (Lipinski definition) is 5. The molecule has 10 heteroatoms. The predicted molar refractivity (Wildman–Crippen MR) is 156 cm³/mol. The summed E-state index contributed by atoms with van der Waals surface area (Å²) in [5.41, 5.74) is 2.58. The molecule has 1 aliphatic heterocycles. The van der Waals surface area contributed by atoms with Gasteiger partial charge in [0.15, 0.2) is 5.76 Å². The van der Waals surface area contributed by atoms with Crippen LogP contribution in [0.25, 0.3) is 11.0 Å². The molecule has 4 aromatic rings. The van der Waals surface area contributed by atoms with E-state index in [9.17, 15) is 13.2 Å². The number of aryl methyl sites for hydroxylation is 1. The van der Waals surface area contributed by atoms with Gasteiger partial charge in [-0.3, -0.25) is 9.10 Å². The summed E-state index contributed by atoms with van der Waals surface area (Å²) in [4.78, 5) is 17.4. The summed E-state index contributed by atoms with van der Waals surface area (Å²) in [5.74, 6) is 0.166. The van der Waals surface area contributed by atoms with Gasteiger partial charge in [-0.2, -0.15) is 0 Å². The third kappa shape index (κ3) is 5.40. The maximum atomic E-state index is 13.9. The summed E-state index contributed by atoms with van der Waals surface area (Å²) in [7, 11) is -1.86. The Bertz CT molecular complexity index is 1580. The number of carbonyl (C=O) groups excluding carboxylic acids is 1. The minimum absolute atomic E-state index is 0.137. The highest BCUT2D eigenvalue weighted by atomic mass is 79.9. The number of amides is 1. The van der Waals surface area contributed by atoms with E-state index in [2.05, 4.69) is 36.8 Å². The number of benzene rings is 3. The average Bonchev–Trinajstić information content (AvgIpc) is 3.24. The van der Waals surface area contributed by atoms with Crippen molar-refractivity contribution in [2.24, 2.45) is 0 Å². The third-order valence-corrected chi connectivity index (χ3v) is 9.68. The summed E-state index contributed by atoms with van der Waals surface area (Å²) >= 11 is 6.82. The summed E-state index contributed by atoms with van der Waals surface area (Å²) in [5, 5.41) is 0.715. The Morgan fingerprint density at radius 2 is 1.53 bits per heavy atom. The van der Waals surface area contributed by atoms with Gasteiger partial charge in [-0.05, 0) is 74.1 Å². The van der Waals surface area contributed by atoms with Gasteiger partial charge in [-0.1, -0.05) is 44.0 Å². The van der Waals surface area contributed by atoms with Crippen LogP contribution in [0.4, 0.5) is 5.69 Å². The molecule has 0 atom stereocenters. The number of furan rings is 1. The third-order valence-electron chi connectivity index (χ3n) is 6.83. The van der Waals surface area contributed by atoms with Gasteiger partial charge in [-0.25, -0.2) is 8.42 Å². The van der Waals surface area contributed by atoms with Crippen LogP contribution in [0.1, 0.15) is 21.7 Å². The van der Waals surface area contributed by atoms with E-state index in [1.807, 2.05) is 43.1 Å². The number of halogens is 2. The molecule has 2 heterocycles.